The van der Waals surface area contributed by atoms with E-state index in [2.05, 4.69) is 15.2 Å². The van der Waals surface area contributed by atoms with Crippen molar-refractivity contribution in [3.8, 4) is 5.69 Å². The van der Waals surface area contributed by atoms with Crippen LogP contribution in [0.4, 0.5) is 4.39 Å². The molecule has 0 aliphatic carbocycles. The second-order valence-corrected chi connectivity index (χ2v) is 6.44. The molecule has 0 N–H and O–H groups in total. The van der Waals surface area contributed by atoms with Crippen LogP contribution < -0.4 is 0 Å². The number of aromatic nitrogens is 3. The van der Waals surface area contributed by atoms with Gasteiger partial charge in [-0.05, 0) is 31.0 Å². The predicted molar refractivity (Wildman–Crippen MR) is 79.5 cm³/mol. The van der Waals surface area contributed by atoms with E-state index in [1.165, 1.54) is 12.1 Å². The molecule has 22 heavy (non-hydrogen) atoms. The van der Waals surface area contributed by atoms with Gasteiger partial charge in [-0.25, -0.2) is 9.07 Å². The lowest BCUT2D eigenvalue weighted by Crippen LogP contribution is -2.60. The molecule has 3 heterocycles. The Balaban J connectivity index is 1.44. The number of likely N-dealkylation sites (tertiary alicyclic amines) is 1. The van der Waals surface area contributed by atoms with E-state index in [0.717, 1.165) is 44.8 Å². The lowest BCUT2D eigenvalue weighted by molar-refractivity contribution is -0.114. The Hall–Kier alpha value is -1.50. The highest BCUT2D eigenvalue weighted by Crippen LogP contribution is 2.35. The minimum atomic E-state index is -0.364. The summed E-state index contributed by atoms with van der Waals surface area (Å²) in [6.45, 7) is 3.53. The first-order chi connectivity index (χ1) is 10.6. The standard InChI is InChI=1S/C15H16ClFN4O/c16-13-6-11(17)2-3-14(13)21-8-12(18-19-21)7-20-9-15(10-20)4-1-5-22-15/h2-3,6,8H,1,4-5,7,9-10H2. The van der Waals surface area contributed by atoms with Crippen LogP contribution in [0, 0.1) is 5.82 Å². The van der Waals surface area contributed by atoms with Crippen LogP contribution in [0.5, 0.6) is 0 Å². The Bertz CT molecular complexity index is 691. The van der Waals surface area contributed by atoms with Crippen LogP contribution in [0.2, 0.25) is 5.02 Å². The van der Waals surface area contributed by atoms with Gasteiger partial charge >= 0.3 is 0 Å². The summed E-state index contributed by atoms with van der Waals surface area (Å²) < 4.78 is 20.5. The third kappa shape index (κ3) is 2.51. The van der Waals surface area contributed by atoms with E-state index < -0.39 is 0 Å². The first kappa shape index (κ1) is 14.1. The molecule has 5 nitrogen and oxygen atoms in total. The maximum atomic E-state index is 13.1. The van der Waals surface area contributed by atoms with Crippen molar-refractivity contribution in [2.45, 2.75) is 25.0 Å². The zero-order valence-electron chi connectivity index (χ0n) is 12.0. The summed E-state index contributed by atoms with van der Waals surface area (Å²) in [5.41, 5.74) is 1.59. The average molecular weight is 323 g/mol. The van der Waals surface area contributed by atoms with Crippen molar-refractivity contribution in [2.75, 3.05) is 19.7 Å². The van der Waals surface area contributed by atoms with Crippen LogP contribution in [0.1, 0.15) is 18.5 Å². The highest BCUT2D eigenvalue weighted by atomic mass is 35.5. The highest BCUT2D eigenvalue weighted by molar-refractivity contribution is 6.32. The van der Waals surface area contributed by atoms with Crippen molar-refractivity contribution >= 4 is 11.6 Å². The van der Waals surface area contributed by atoms with E-state index >= 15 is 0 Å². The van der Waals surface area contributed by atoms with Crippen molar-refractivity contribution in [3.63, 3.8) is 0 Å². The third-order valence-electron chi connectivity index (χ3n) is 4.29. The molecular formula is C15H16ClFN4O. The predicted octanol–water partition coefficient (Wildman–Crippen LogP) is 2.42. The Morgan fingerprint density at radius 3 is 2.95 bits per heavy atom. The van der Waals surface area contributed by atoms with Crippen LogP contribution in [0.25, 0.3) is 5.69 Å². The zero-order chi connectivity index (χ0) is 15.2. The Morgan fingerprint density at radius 2 is 2.23 bits per heavy atom. The van der Waals surface area contributed by atoms with Gasteiger partial charge in [-0.15, -0.1) is 5.10 Å². The molecule has 2 saturated heterocycles. The van der Waals surface area contributed by atoms with Gasteiger partial charge in [0.05, 0.1) is 28.2 Å². The highest BCUT2D eigenvalue weighted by Gasteiger charge is 2.46. The number of rotatable bonds is 3. The molecule has 2 aromatic rings. The Kier molecular flexibility index (Phi) is 3.40. The summed E-state index contributed by atoms with van der Waals surface area (Å²) in [5.74, 6) is -0.364. The molecule has 0 saturated carbocycles. The summed E-state index contributed by atoms with van der Waals surface area (Å²) in [5, 5.41) is 8.57. The minimum absolute atomic E-state index is 0.0935. The van der Waals surface area contributed by atoms with Crippen molar-refractivity contribution in [2.24, 2.45) is 0 Å². The largest absolute Gasteiger partial charge is 0.372 e. The monoisotopic (exact) mass is 322 g/mol. The Morgan fingerprint density at radius 1 is 1.36 bits per heavy atom. The molecule has 7 heteroatoms. The van der Waals surface area contributed by atoms with Crippen LogP contribution in [-0.2, 0) is 11.3 Å². The summed E-state index contributed by atoms with van der Waals surface area (Å²) in [6, 6.07) is 4.23. The number of halogens is 2. The molecule has 0 amide bonds. The lowest BCUT2D eigenvalue weighted by atomic mass is 9.91. The van der Waals surface area contributed by atoms with E-state index in [4.69, 9.17) is 16.3 Å². The molecule has 1 spiro atoms. The van der Waals surface area contributed by atoms with Gasteiger partial charge in [0, 0.05) is 26.2 Å². The van der Waals surface area contributed by atoms with Crippen LogP contribution in [0.3, 0.4) is 0 Å². The zero-order valence-corrected chi connectivity index (χ0v) is 12.8. The number of ether oxygens (including phenoxy) is 1. The van der Waals surface area contributed by atoms with Gasteiger partial charge in [0.25, 0.3) is 0 Å². The Labute approximate surface area is 132 Å². The van der Waals surface area contributed by atoms with Gasteiger partial charge in [-0.1, -0.05) is 16.8 Å². The first-order valence-electron chi connectivity index (χ1n) is 7.37. The number of nitrogens with zero attached hydrogens (tertiary/aromatic N) is 4. The number of hydrogen-bond acceptors (Lipinski definition) is 4. The fourth-order valence-electron chi connectivity index (χ4n) is 3.27. The van der Waals surface area contributed by atoms with Crippen molar-refractivity contribution in [3.05, 3.63) is 40.9 Å². The van der Waals surface area contributed by atoms with Gasteiger partial charge in [0.1, 0.15) is 5.82 Å². The topological polar surface area (TPSA) is 43.2 Å². The van der Waals surface area contributed by atoms with Crippen LogP contribution in [0.15, 0.2) is 24.4 Å². The van der Waals surface area contributed by atoms with Gasteiger partial charge in [0.2, 0.25) is 0 Å². The van der Waals surface area contributed by atoms with E-state index in [1.54, 1.807) is 10.7 Å². The molecule has 1 aromatic heterocycles. The lowest BCUT2D eigenvalue weighted by Gasteiger charge is -2.46. The van der Waals surface area contributed by atoms with Gasteiger partial charge in [-0.2, -0.15) is 0 Å². The molecule has 0 atom stereocenters. The van der Waals surface area contributed by atoms with Gasteiger partial charge in [0.15, 0.2) is 0 Å². The van der Waals surface area contributed by atoms with Crippen molar-refractivity contribution in [1.29, 1.82) is 0 Å². The number of benzene rings is 1. The van der Waals surface area contributed by atoms with Crippen LogP contribution >= 0.6 is 11.6 Å². The van der Waals surface area contributed by atoms with Crippen molar-refractivity contribution < 1.29 is 9.13 Å². The molecule has 116 valence electrons. The second kappa shape index (κ2) is 5.30. The van der Waals surface area contributed by atoms with Crippen molar-refractivity contribution in [1.82, 2.24) is 19.9 Å². The summed E-state index contributed by atoms with van der Waals surface area (Å²) in [7, 11) is 0. The molecular weight excluding hydrogens is 307 g/mol. The molecule has 2 fully saturated rings. The first-order valence-corrected chi connectivity index (χ1v) is 7.74. The van der Waals surface area contributed by atoms with Gasteiger partial charge < -0.3 is 4.74 Å². The van der Waals surface area contributed by atoms with Gasteiger partial charge in [-0.3, -0.25) is 4.90 Å². The second-order valence-electron chi connectivity index (χ2n) is 6.03. The third-order valence-corrected chi connectivity index (χ3v) is 4.59. The quantitative estimate of drug-likeness (QED) is 0.870. The normalized spacial score (nSPS) is 20.5. The summed E-state index contributed by atoms with van der Waals surface area (Å²) >= 11 is 6.04. The van der Waals surface area contributed by atoms with E-state index in [9.17, 15) is 4.39 Å². The minimum Gasteiger partial charge on any atom is -0.372 e. The maximum Gasteiger partial charge on any atom is 0.124 e. The van der Waals surface area contributed by atoms with Crippen LogP contribution in [-0.4, -0.2) is 45.2 Å². The molecule has 4 rings (SSSR count). The fourth-order valence-corrected chi connectivity index (χ4v) is 3.52. The molecule has 2 aliphatic heterocycles. The smallest absolute Gasteiger partial charge is 0.124 e. The van der Waals surface area contributed by atoms with E-state index in [0.29, 0.717) is 10.7 Å². The average Bonchev–Trinajstić information content (AvgIpc) is 3.08. The molecule has 0 unspecified atom stereocenters. The van der Waals surface area contributed by atoms with E-state index in [1.807, 2.05) is 6.20 Å². The summed E-state index contributed by atoms with van der Waals surface area (Å²) in [6.07, 6.45) is 4.15. The fraction of sp³-hybridized carbons (Fsp3) is 0.467. The molecule has 2 aliphatic rings. The molecule has 1 aromatic carbocycles. The summed E-state index contributed by atoms with van der Waals surface area (Å²) in [4.78, 5) is 2.30. The molecule has 0 bridgehead atoms. The molecule has 0 radical (unpaired) electrons. The number of hydrogen-bond donors (Lipinski definition) is 0. The SMILES string of the molecule is Fc1ccc(-n2cc(CN3CC4(CCCO4)C3)nn2)c(Cl)c1. The maximum absolute atomic E-state index is 13.1. The van der Waals surface area contributed by atoms with E-state index in [-0.39, 0.29) is 11.4 Å².